The van der Waals surface area contributed by atoms with E-state index in [2.05, 4.69) is 4.72 Å². The highest BCUT2D eigenvalue weighted by Gasteiger charge is 2.15. The lowest BCUT2D eigenvalue weighted by Crippen LogP contribution is -2.13. The van der Waals surface area contributed by atoms with Crippen molar-refractivity contribution >= 4 is 15.7 Å². The number of hydrogen-bond donors (Lipinski definition) is 1. The second-order valence-corrected chi connectivity index (χ2v) is 7.50. The molecular formula is C20H19NO2S. The van der Waals surface area contributed by atoms with Crippen molar-refractivity contribution in [1.29, 1.82) is 0 Å². The van der Waals surface area contributed by atoms with E-state index in [0.717, 1.165) is 22.3 Å². The fourth-order valence-corrected chi connectivity index (χ4v) is 3.64. The minimum absolute atomic E-state index is 0.264. The van der Waals surface area contributed by atoms with Gasteiger partial charge in [-0.05, 0) is 54.8 Å². The lowest BCUT2D eigenvalue weighted by atomic mass is 10.0. The molecule has 0 aliphatic rings. The molecule has 3 rings (SSSR count). The van der Waals surface area contributed by atoms with E-state index in [1.165, 1.54) is 0 Å². The molecule has 0 radical (unpaired) electrons. The molecule has 3 aromatic carbocycles. The third-order valence-electron chi connectivity index (χ3n) is 3.91. The molecular weight excluding hydrogens is 318 g/mol. The molecule has 0 amide bonds. The van der Waals surface area contributed by atoms with Crippen LogP contribution in [-0.2, 0) is 10.0 Å². The van der Waals surface area contributed by atoms with Gasteiger partial charge in [-0.1, -0.05) is 54.1 Å². The SMILES string of the molecule is Cc1ccc(S(=O)(=O)Nc2ccc(-c3ccccc3)cc2C)cc1. The molecule has 0 saturated heterocycles. The van der Waals surface area contributed by atoms with Crippen LogP contribution < -0.4 is 4.72 Å². The lowest BCUT2D eigenvalue weighted by molar-refractivity contribution is 0.601. The number of rotatable bonds is 4. The van der Waals surface area contributed by atoms with Crippen LogP contribution in [0.15, 0.2) is 77.7 Å². The van der Waals surface area contributed by atoms with Gasteiger partial charge in [-0.3, -0.25) is 4.72 Å². The maximum atomic E-state index is 12.5. The van der Waals surface area contributed by atoms with E-state index >= 15 is 0 Å². The third kappa shape index (κ3) is 3.49. The molecule has 24 heavy (non-hydrogen) atoms. The molecule has 0 aromatic heterocycles. The average Bonchev–Trinajstić information content (AvgIpc) is 2.58. The van der Waals surface area contributed by atoms with Crippen LogP contribution in [0.2, 0.25) is 0 Å². The number of hydrogen-bond acceptors (Lipinski definition) is 2. The molecule has 0 heterocycles. The molecule has 0 fully saturated rings. The number of nitrogens with one attached hydrogen (secondary N) is 1. The van der Waals surface area contributed by atoms with E-state index in [9.17, 15) is 8.42 Å². The molecule has 0 aliphatic heterocycles. The number of anilines is 1. The minimum atomic E-state index is -3.58. The predicted octanol–water partition coefficient (Wildman–Crippen LogP) is 4.77. The Balaban J connectivity index is 1.89. The maximum absolute atomic E-state index is 12.5. The summed E-state index contributed by atoms with van der Waals surface area (Å²) >= 11 is 0. The summed E-state index contributed by atoms with van der Waals surface area (Å²) in [6.45, 7) is 3.83. The van der Waals surface area contributed by atoms with Gasteiger partial charge in [0, 0.05) is 0 Å². The second kappa shape index (κ2) is 6.49. The molecule has 0 saturated carbocycles. The van der Waals surface area contributed by atoms with E-state index in [0.29, 0.717) is 5.69 Å². The number of benzene rings is 3. The van der Waals surface area contributed by atoms with Gasteiger partial charge in [-0.15, -0.1) is 0 Å². The van der Waals surface area contributed by atoms with Crippen molar-refractivity contribution in [1.82, 2.24) is 0 Å². The molecule has 0 aliphatic carbocycles. The zero-order chi connectivity index (χ0) is 17.2. The molecule has 0 spiro atoms. The van der Waals surface area contributed by atoms with Crippen molar-refractivity contribution in [2.24, 2.45) is 0 Å². The monoisotopic (exact) mass is 337 g/mol. The van der Waals surface area contributed by atoms with E-state index in [1.807, 2.05) is 62.4 Å². The van der Waals surface area contributed by atoms with Crippen LogP contribution in [0.25, 0.3) is 11.1 Å². The normalized spacial score (nSPS) is 11.2. The summed E-state index contributed by atoms with van der Waals surface area (Å²) < 4.78 is 27.7. The minimum Gasteiger partial charge on any atom is -0.279 e. The Kier molecular flexibility index (Phi) is 4.40. The molecule has 0 atom stereocenters. The van der Waals surface area contributed by atoms with E-state index in [1.54, 1.807) is 24.3 Å². The predicted molar refractivity (Wildman–Crippen MR) is 98.6 cm³/mol. The van der Waals surface area contributed by atoms with Crippen LogP contribution in [0.1, 0.15) is 11.1 Å². The van der Waals surface area contributed by atoms with Gasteiger partial charge in [0.25, 0.3) is 10.0 Å². The highest BCUT2D eigenvalue weighted by molar-refractivity contribution is 7.92. The van der Waals surface area contributed by atoms with E-state index < -0.39 is 10.0 Å². The summed E-state index contributed by atoms with van der Waals surface area (Å²) in [5, 5.41) is 0. The number of sulfonamides is 1. The summed E-state index contributed by atoms with van der Waals surface area (Å²) in [5.41, 5.74) is 4.67. The van der Waals surface area contributed by atoms with Crippen molar-refractivity contribution in [2.75, 3.05) is 4.72 Å². The second-order valence-electron chi connectivity index (χ2n) is 5.81. The Morgan fingerprint density at radius 3 is 2.04 bits per heavy atom. The summed E-state index contributed by atoms with van der Waals surface area (Å²) in [6, 6.07) is 22.5. The van der Waals surface area contributed by atoms with Crippen molar-refractivity contribution in [3.05, 3.63) is 83.9 Å². The van der Waals surface area contributed by atoms with E-state index in [4.69, 9.17) is 0 Å². The van der Waals surface area contributed by atoms with Crippen LogP contribution in [-0.4, -0.2) is 8.42 Å². The first-order valence-corrected chi connectivity index (χ1v) is 9.19. The molecule has 0 bridgehead atoms. The zero-order valence-electron chi connectivity index (χ0n) is 13.7. The van der Waals surface area contributed by atoms with Gasteiger partial charge in [0.05, 0.1) is 10.6 Å². The number of aryl methyl sites for hydroxylation is 2. The van der Waals surface area contributed by atoms with Gasteiger partial charge in [0.2, 0.25) is 0 Å². The van der Waals surface area contributed by atoms with Gasteiger partial charge in [0.15, 0.2) is 0 Å². The largest absolute Gasteiger partial charge is 0.279 e. The van der Waals surface area contributed by atoms with Gasteiger partial charge < -0.3 is 0 Å². The van der Waals surface area contributed by atoms with Crippen LogP contribution in [0.3, 0.4) is 0 Å². The fraction of sp³-hybridized carbons (Fsp3) is 0.100. The lowest BCUT2D eigenvalue weighted by Gasteiger charge is -2.12. The van der Waals surface area contributed by atoms with Crippen LogP contribution in [0.4, 0.5) is 5.69 Å². The highest BCUT2D eigenvalue weighted by atomic mass is 32.2. The van der Waals surface area contributed by atoms with Crippen molar-refractivity contribution < 1.29 is 8.42 Å². The Morgan fingerprint density at radius 2 is 1.42 bits per heavy atom. The van der Waals surface area contributed by atoms with Crippen molar-refractivity contribution in [3.8, 4) is 11.1 Å². The standard InChI is InChI=1S/C20H19NO2S/c1-15-8-11-19(12-9-15)24(22,23)21-20-13-10-18(14-16(20)2)17-6-4-3-5-7-17/h3-14,21H,1-2H3. The topological polar surface area (TPSA) is 46.2 Å². The first-order chi connectivity index (χ1) is 11.5. The summed E-state index contributed by atoms with van der Waals surface area (Å²) in [6.07, 6.45) is 0. The highest BCUT2D eigenvalue weighted by Crippen LogP contribution is 2.26. The first-order valence-electron chi connectivity index (χ1n) is 7.71. The molecule has 1 N–H and O–H groups in total. The Hall–Kier alpha value is -2.59. The average molecular weight is 337 g/mol. The maximum Gasteiger partial charge on any atom is 0.261 e. The summed E-state index contributed by atoms with van der Waals surface area (Å²) in [4.78, 5) is 0.264. The summed E-state index contributed by atoms with van der Waals surface area (Å²) in [7, 11) is -3.58. The summed E-state index contributed by atoms with van der Waals surface area (Å²) in [5.74, 6) is 0. The quantitative estimate of drug-likeness (QED) is 0.745. The Labute approximate surface area is 143 Å². The first kappa shape index (κ1) is 16.3. The molecule has 0 unspecified atom stereocenters. The fourth-order valence-electron chi connectivity index (χ4n) is 2.51. The van der Waals surface area contributed by atoms with Crippen molar-refractivity contribution in [2.45, 2.75) is 18.7 Å². The van der Waals surface area contributed by atoms with Gasteiger partial charge >= 0.3 is 0 Å². The molecule has 4 heteroatoms. The third-order valence-corrected chi connectivity index (χ3v) is 5.29. The van der Waals surface area contributed by atoms with Gasteiger partial charge in [0.1, 0.15) is 0 Å². The van der Waals surface area contributed by atoms with Crippen LogP contribution in [0.5, 0.6) is 0 Å². The van der Waals surface area contributed by atoms with E-state index in [-0.39, 0.29) is 4.90 Å². The van der Waals surface area contributed by atoms with Crippen LogP contribution in [0, 0.1) is 13.8 Å². The van der Waals surface area contributed by atoms with Gasteiger partial charge in [-0.25, -0.2) is 8.42 Å². The van der Waals surface area contributed by atoms with Gasteiger partial charge in [-0.2, -0.15) is 0 Å². The Morgan fingerprint density at radius 1 is 0.750 bits per heavy atom. The van der Waals surface area contributed by atoms with Crippen LogP contribution >= 0.6 is 0 Å². The smallest absolute Gasteiger partial charge is 0.261 e. The molecule has 3 aromatic rings. The Bertz CT molecular complexity index is 947. The molecule has 122 valence electrons. The molecule has 3 nitrogen and oxygen atoms in total. The van der Waals surface area contributed by atoms with Crippen molar-refractivity contribution in [3.63, 3.8) is 0 Å². The zero-order valence-corrected chi connectivity index (χ0v) is 14.5.